The number of aromatic nitrogens is 2. The van der Waals surface area contributed by atoms with Crippen LogP contribution in [-0.4, -0.2) is 39.6 Å². The molecule has 0 radical (unpaired) electrons. The lowest BCUT2D eigenvalue weighted by Crippen LogP contribution is -2.39. The molecule has 0 bridgehead atoms. The zero-order valence-corrected chi connectivity index (χ0v) is 12.0. The third-order valence-corrected chi connectivity index (χ3v) is 4.30. The summed E-state index contributed by atoms with van der Waals surface area (Å²) < 4.78 is 0. The summed E-state index contributed by atoms with van der Waals surface area (Å²) in [6.45, 7) is 7.03. The molecule has 1 fully saturated rings. The first-order valence-electron chi connectivity index (χ1n) is 6.57. The average Bonchev–Trinajstić information content (AvgIpc) is 2.95. The van der Waals surface area contributed by atoms with Crippen molar-refractivity contribution in [2.24, 2.45) is 0 Å². The van der Waals surface area contributed by atoms with E-state index in [2.05, 4.69) is 29.4 Å². The predicted octanol–water partition coefficient (Wildman–Crippen LogP) is 2.37. The van der Waals surface area contributed by atoms with E-state index in [0.717, 1.165) is 30.9 Å². The van der Waals surface area contributed by atoms with Crippen LogP contribution in [0.1, 0.15) is 49.8 Å². The highest BCUT2D eigenvalue weighted by molar-refractivity contribution is 7.17. The van der Waals surface area contributed by atoms with Gasteiger partial charge in [-0.2, -0.15) is 0 Å². The van der Waals surface area contributed by atoms with Crippen molar-refractivity contribution < 1.29 is 4.79 Å². The molecule has 100 valence electrons. The Morgan fingerprint density at radius 3 is 2.89 bits per heavy atom. The molecule has 1 N–H and O–H groups in total. The van der Waals surface area contributed by atoms with Crippen LogP contribution >= 0.6 is 11.3 Å². The van der Waals surface area contributed by atoms with Gasteiger partial charge in [0.2, 0.25) is 10.1 Å². The summed E-state index contributed by atoms with van der Waals surface area (Å²) in [4.78, 5) is 14.4. The van der Waals surface area contributed by atoms with Gasteiger partial charge < -0.3 is 10.2 Å². The summed E-state index contributed by atoms with van der Waals surface area (Å²) in [6.07, 6.45) is 3.19. The number of nitrogens with one attached hydrogen (secondary N) is 1. The molecule has 0 spiro atoms. The number of carbonyl (C=O) groups is 1. The van der Waals surface area contributed by atoms with Crippen LogP contribution in [0, 0.1) is 0 Å². The molecule has 18 heavy (non-hydrogen) atoms. The standard InChI is InChI=1S/C12H20N4OS/c1-4-9-7-6-8(3)16(9)11(17)10-14-15-12(18-10)13-5-2/h8-9H,4-7H2,1-3H3,(H,13,15). The Morgan fingerprint density at radius 1 is 1.44 bits per heavy atom. The SMILES string of the molecule is CCNc1nnc(C(=O)N2C(C)CCC2CC)s1. The van der Waals surface area contributed by atoms with Crippen molar-refractivity contribution in [2.75, 3.05) is 11.9 Å². The summed E-state index contributed by atoms with van der Waals surface area (Å²) in [5.41, 5.74) is 0. The molecule has 1 aromatic heterocycles. The summed E-state index contributed by atoms with van der Waals surface area (Å²) in [7, 11) is 0. The van der Waals surface area contributed by atoms with Crippen LogP contribution in [0.5, 0.6) is 0 Å². The molecule has 2 atom stereocenters. The van der Waals surface area contributed by atoms with E-state index >= 15 is 0 Å². The smallest absolute Gasteiger partial charge is 0.285 e. The first kappa shape index (κ1) is 13.3. The second-order valence-electron chi connectivity index (χ2n) is 4.64. The van der Waals surface area contributed by atoms with Crippen molar-refractivity contribution in [1.82, 2.24) is 15.1 Å². The highest BCUT2D eigenvalue weighted by Gasteiger charge is 2.35. The van der Waals surface area contributed by atoms with E-state index in [4.69, 9.17) is 0 Å². The van der Waals surface area contributed by atoms with Crippen LogP contribution in [0.3, 0.4) is 0 Å². The van der Waals surface area contributed by atoms with Crippen molar-refractivity contribution in [3.63, 3.8) is 0 Å². The summed E-state index contributed by atoms with van der Waals surface area (Å²) in [5, 5.41) is 12.3. The molecule has 5 nitrogen and oxygen atoms in total. The fourth-order valence-corrected chi connectivity index (χ4v) is 3.24. The number of likely N-dealkylation sites (tertiary alicyclic amines) is 1. The third kappa shape index (κ3) is 2.48. The molecule has 1 aromatic rings. The lowest BCUT2D eigenvalue weighted by atomic mass is 10.1. The first-order valence-corrected chi connectivity index (χ1v) is 7.39. The summed E-state index contributed by atoms with van der Waals surface area (Å²) in [6, 6.07) is 0.674. The largest absolute Gasteiger partial charge is 0.360 e. The Morgan fingerprint density at radius 2 is 2.22 bits per heavy atom. The quantitative estimate of drug-likeness (QED) is 0.911. The van der Waals surface area contributed by atoms with Gasteiger partial charge in [0.25, 0.3) is 5.91 Å². The van der Waals surface area contributed by atoms with E-state index in [0.29, 0.717) is 17.1 Å². The Balaban J connectivity index is 2.13. The summed E-state index contributed by atoms with van der Waals surface area (Å²) in [5.74, 6) is 0.0357. The highest BCUT2D eigenvalue weighted by atomic mass is 32.1. The molecule has 1 aliphatic heterocycles. The van der Waals surface area contributed by atoms with Gasteiger partial charge in [-0.1, -0.05) is 18.3 Å². The minimum atomic E-state index is 0.0357. The first-order chi connectivity index (χ1) is 8.67. The molecule has 2 rings (SSSR count). The number of anilines is 1. The van der Waals surface area contributed by atoms with E-state index in [9.17, 15) is 4.79 Å². The van der Waals surface area contributed by atoms with Gasteiger partial charge in [0, 0.05) is 18.6 Å². The molecule has 1 amide bonds. The molecule has 0 aromatic carbocycles. The topological polar surface area (TPSA) is 58.1 Å². The van der Waals surface area contributed by atoms with Crippen molar-refractivity contribution in [3.8, 4) is 0 Å². The van der Waals surface area contributed by atoms with E-state index in [1.165, 1.54) is 11.3 Å². The van der Waals surface area contributed by atoms with Crippen molar-refractivity contribution in [3.05, 3.63) is 5.01 Å². The van der Waals surface area contributed by atoms with Gasteiger partial charge >= 0.3 is 0 Å². The number of hydrogen-bond acceptors (Lipinski definition) is 5. The average molecular weight is 268 g/mol. The van der Waals surface area contributed by atoms with Gasteiger partial charge in [0.15, 0.2) is 0 Å². The molecule has 6 heteroatoms. The Labute approximate surface area is 112 Å². The van der Waals surface area contributed by atoms with Gasteiger partial charge in [-0.05, 0) is 33.1 Å². The maximum atomic E-state index is 12.5. The van der Waals surface area contributed by atoms with Crippen molar-refractivity contribution >= 4 is 22.4 Å². The van der Waals surface area contributed by atoms with Crippen LogP contribution in [0.4, 0.5) is 5.13 Å². The number of carbonyl (C=O) groups excluding carboxylic acids is 1. The van der Waals surface area contributed by atoms with E-state index in [-0.39, 0.29) is 5.91 Å². The maximum Gasteiger partial charge on any atom is 0.285 e. The monoisotopic (exact) mass is 268 g/mol. The number of nitrogens with zero attached hydrogens (tertiary/aromatic N) is 3. The van der Waals surface area contributed by atoms with Crippen molar-refractivity contribution in [2.45, 2.75) is 52.1 Å². The van der Waals surface area contributed by atoms with E-state index in [1.807, 2.05) is 11.8 Å². The second kappa shape index (κ2) is 5.65. The molecular formula is C12H20N4OS. The zero-order chi connectivity index (χ0) is 13.1. The van der Waals surface area contributed by atoms with Crippen LogP contribution < -0.4 is 5.32 Å². The van der Waals surface area contributed by atoms with Gasteiger partial charge in [-0.25, -0.2) is 0 Å². The number of hydrogen-bond donors (Lipinski definition) is 1. The van der Waals surface area contributed by atoms with Crippen LogP contribution in [-0.2, 0) is 0 Å². The Hall–Kier alpha value is -1.17. The zero-order valence-electron chi connectivity index (χ0n) is 11.1. The minimum absolute atomic E-state index is 0.0357. The van der Waals surface area contributed by atoms with Gasteiger partial charge in [-0.15, -0.1) is 10.2 Å². The summed E-state index contributed by atoms with van der Waals surface area (Å²) >= 11 is 1.34. The van der Waals surface area contributed by atoms with E-state index in [1.54, 1.807) is 0 Å². The fraction of sp³-hybridized carbons (Fsp3) is 0.750. The van der Waals surface area contributed by atoms with Crippen LogP contribution in [0.2, 0.25) is 0 Å². The second-order valence-corrected chi connectivity index (χ2v) is 5.62. The van der Waals surface area contributed by atoms with Gasteiger partial charge in [0.1, 0.15) is 0 Å². The minimum Gasteiger partial charge on any atom is -0.360 e. The van der Waals surface area contributed by atoms with Gasteiger partial charge in [-0.3, -0.25) is 4.79 Å². The van der Waals surface area contributed by atoms with Crippen LogP contribution in [0.25, 0.3) is 0 Å². The maximum absolute atomic E-state index is 12.5. The van der Waals surface area contributed by atoms with E-state index < -0.39 is 0 Å². The lowest BCUT2D eigenvalue weighted by molar-refractivity contribution is 0.0675. The molecule has 1 aliphatic rings. The molecule has 0 aliphatic carbocycles. The molecule has 2 unspecified atom stereocenters. The Kier molecular flexibility index (Phi) is 4.16. The van der Waals surface area contributed by atoms with Gasteiger partial charge in [0.05, 0.1) is 0 Å². The molecule has 1 saturated heterocycles. The molecule has 0 saturated carbocycles. The highest BCUT2D eigenvalue weighted by Crippen LogP contribution is 2.29. The fourth-order valence-electron chi connectivity index (χ4n) is 2.48. The van der Waals surface area contributed by atoms with Crippen molar-refractivity contribution in [1.29, 1.82) is 0 Å². The molecular weight excluding hydrogens is 248 g/mol. The third-order valence-electron chi connectivity index (χ3n) is 3.43. The normalized spacial score (nSPS) is 23.4. The van der Waals surface area contributed by atoms with Crippen LogP contribution in [0.15, 0.2) is 0 Å². The lowest BCUT2D eigenvalue weighted by Gasteiger charge is -2.26. The number of amides is 1. The predicted molar refractivity (Wildman–Crippen MR) is 73.0 cm³/mol. The number of rotatable bonds is 4. The molecule has 2 heterocycles. The Bertz CT molecular complexity index is 420.